The summed E-state index contributed by atoms with van der Waals surface area (Å²) in [6.07, 6.45) is 1.85. The number of nitrogens with one attached hydrogen (secondary N) is 1. The van der Waals surface area contributed by atoms with Gasteiger partial charge in [0.2, 0.25) is 11.8 Å². The van der Waals surface area contributed by atoms with Gasteiger partial charge in [-0.15, -0.1) is 0 Å². The quantitative estimate of drug-likeness (QED) is 0.429. The van der Waals surface area contributed by atoms with Gasteiger partial charge in [-0.25, -0.2) is 8.42 Å². The maximum Gasteiger partial charge on any atom is 0.254 e. The van der Waals surface area contributed by atoms with Crippen LogP contribution >= 0.6 is 0 Å². The Kier molecular flexibility index (Phi) is 10.3. The molecule has 244 valence electrons. The molecule has 1 saturated heterocycles. The van der Waals surface area contributed by atoms with E-state index in [2.05, 4.69) is 5.32 Å². The van der Waals surface area contributed by atoms with E-state index in [9.17, 15) is 22.8 Å². The van der Waals surface area contributed by atoms with Crippen molar-refractivity contribution in [2.24, 2.45) is 0 Å². The van der Waals surface area contributed by atoms with Crippen LogP contribution in [0, 0.1) is 0 Å². The van der Waals surface area contributed by atoms with Gasteiger partial charge in [0.25, 0.3) is 5.91 Å². The molecule has 2 aliphatic heterocycles. The molecule has 0 aromatic heterocycles. The second kappa shape index (κ2) is 14.3. The van der Waals surface area contributed by atoms with Crippen molar-refractivity contribution in [3.8, 4) is 17.2 Å². The molecule has 1 fully saturated rings. The Morgan fingerprint density at radius 1 is 1.07 bits per heavy atom. The van der Waals surface area contributed by atoms with Gasteiger partial charge in [-0.3, -0.25) is 14.4 Å². The lowest BCUT2D eigenvalue weighted by molar-refractivity contribution is -0.137. The fraction of sp³-hybridized carbons (Fsp3) is 0.382. The number of benzene rings is 3. The monoisotopic (exact) mass is 649 g/mol. The summed E-state index contributed by atoms with van der Waals surface area (Å²) < 4.78 is 41.6. The van der Waals surface area contributed by atoms with E-state index in [1.807, 2.05) is 25.1 Å². The largest absolute Gasteiger partial charge is 0.493 e. The minimum absolute atomic E-state index is 0.102. The van der Waals surface area contributed by atoms with Crippen molar-refractivity contribution in [1.29, 1.82) is 0 Å². The zero-order valence-electron chi connectivity index (χ0n) is 26.2. The summed E-state index contributed by atoms with van der Waals surface area (Å²) in [4.78, 5) is 43.7. The highest BCUT2D eigenvalue weighted by Gasteiger charge is 2.34. The predicted octanol–water partition coefficient (Wildman–Crippen LogP) is 3.60. The summed E-state index contributed by atoms with van der Waals surface area (Å²) in [6.45, 7) is 3.05. The van der Waals surface area contributed by atoms with Crippen molar-refractivity contribution in [3.05, 3.63) is 83.4 Å². The molecule has 46 heavy (non-hydrogen) atoms. The van der Waals surface area contributed by atoms with Gasteiger partial charge in [-0.2, -0.15) is 0 Å². The van der Waals surface area contributed by atoms with Gasteiger partial charge in [0.15, 0.2) is 21.3 Å². The van der Waals surface area contributed by atoms with Crippen LogP contribution in [-0.4, -0.2) is 87.6 Å². The molecule has 0 saturated carbocycles. The zero-order chi connectivity index (χ0) is 32.8. The molecule has 5 rings (SSSR count). The van der Waals surface area contributed by atoms with Crippen LogP contribution in [0.15, 0.2) is 71.6 Å². The Bertz CT molecular complexity index is 1690. The molecule has 0 unspecified atom stereocenters. The Morgan fingerprint density at radius 3 is 2.57 bits per heavy atom. The van der Waals surface area contributed by atoms with E-state index in [0.29, 0.717) is 54.3 Å². The maximum absolute atomic E-state index is 13.6. The molecule has 3 aromatic rings. The molecule has 2 aliphatic rings. The van der Waals surface area contributed by atoms with Gasteiger partial charge >= 0.3 is 0 Å². The van der Waals surface area contributed by atoms with Gasteiger partial charge in [0.1, 0.15) is 5.75 Å². The van der Waals surface area contributed by atoms with Gasteiger partial charge in [0, 0.05) is 31.5 Å². The van der Waals surface area contributed by atoms with Crippen LogP contribution in [0.1, 0.15) is 41.3 Å². The molecule has 12 heteroatoms. The first-order valence-corrected chi connectivity index (χ1v) is 17.1. The Labute approximate surface area is 269 Å². The Morgan fingerprint density at radius 2 is 1.85 bits per heavy atom. The molecule has 0 spiro atoms. The van der Waals surface area contributed by atoms with E-state index in [4.69, 9.17) is 14.2 Å². The zero-order valence-corrected chi connectivity index (χ0v) is 27.0. The van der Waals surface area contributed by atoms with E-state index in [-0.39, 0.29) is 54.8 Å². The number of fused-ring (bicyclic) bond motifs is 5. The summed E-state index contributed by atoms with van der Waals surface area (Å²) in [7, 11) is -1.81. The Hall–Kier alpha value is -4.42. The molecule has 3 amide bonds. The van der Waals surface area contributed by atoms with Crippen LogP contribution in [0.5, 0.6) is 17.2 Å². The standard InChI is InChI=1S/C34H39N3O8S/c1-4-15-37-21-32(38)35-28-14-16-36(33(39)18-23-8-11-27(12-9-23)46(3,41)42)20-31(28)44-22-24-6-5-7-26(17-24)45-30-19-25(34(37)40)10-13-29(30)43-2/h5-13,17,19,28,31H,4,14-16,18,20-22H2,1-3H3,(H,35,38)/t28-,31-/m0/s1. The summed E-state index contributed by atoms with van der Waals surface area (Å²) >= 11 is 0. The van der Waals surface area contributed by atoms with Crippen molar-refractivity contribution in [2.45, 2.75) is 49.8 Å². The van der Waals surface area contributed by atoms with Gasteiger partial charge in [-0.05, 0) is 66.4 Å². The molecule has 2 heterocycles. The third kappa shape index (κ3) is 8.04. The predicted molar refractivity (Wildman–Crippen MR) is 171 cm³/mol. The lowest BCUT2D eigenvalue weighted by Crippen LogP contribution is -2.57. The molecule has 1 N–H and O–H groups in total. The number of methoxy groups -OCH3 is 1. The number of nitrogens with zero attached hydrogens (tertiary/aromatic N) is 2. The molecular weight excluding hydrogens is 610 g/mol. The van der Waals surface area contributed by atoms with Crippen molar-refractivity contribution >= 4 is 27.6 Å². The smallest absolute Gasteiger partial charge is 0.254 e. The summed E-state index contributed by atoms with van der Waals surface area (Å²) in [6, 6.07) is 18.2. The fourth-order valence-electron chi connectivity index (χ4n) is 5.67. The average Bonchev–Trinajstić information content (AvgIpc) is 3.03. The first-order valence-electron chi connectivity index (χ1n) is 15.3. The highest BCUT2D eigenvalue weighted by Crippen LogP contribution is 2.33. The normalized spacial score (nSPS) is 19.1. The highest BCUT2D eigenvalue weighted by molar-refractivity contribution is 7.90. The van der Waals surface area contributed by atoms with Gasteiger partial charge < -0.3 is 29.3 Å². The van der Waals surface area contributed by atoms with Crippen LogP contribution in [0.2, 0.25) is 0 Å². The lowest BCUT2D eigenvalue weighted by atomic mass is 10.00. The minimum Gasteiger partial charge on any atom is -0.493 e. The number of hydrogen-bond acceptors (Lipinski definition) is 8. The van der Waals surface area contributed by atoms with Crippen LogP contribution in [0.25, 0.3) is 0 Å². The number of ether oxygens (including phenoxy) is 3. The molecule has 11 nitrogen and oxygen atoms in total. The second-order valence-corrected chi connectivity index (χ2v) is 13.6. The van der Waals surface area contributed by atoms with Crippen LogP contribution < -0.4 is 14.8 Å². The molecule has 4 bridgehead atoms. The molecule has 2 atom stereocenters. The topological polar surface area (TPSA) is 132 Å². The van der Waals surface area contributed by atoms with E-state index in [1.54, 1.807) is 41.3 Å². The van der Waals surface area contributed by atoms with Gasteiger partial charge in [-0.1, -0.05) is 31.2 Å². The van der Waals surface area contributed by atoms with E-state index in [0.717, 1.165) is 11.8 Å². The number of hydrogen-bond donors (Lipinski definition) is 1. The number of carbonyl (C=O) groups is 3. The summed E-state index contributed by atoms with van der Waals surface area (Å²) in [5.74, 6) is 0.618. The number of sulfone groups is 1. The minimum atomic E-state index is -3.34. The number of carbonyl (C=O) groups excluding carboxylic acids is 3. The van der Waals surface area contributed by atoms with Crippen LogP contribution in [-0.2, 0) is 37.2 Å². The second-order valence-electron chi connectivity index (χ2n) is 11.6. The number of amides is 3. The Balaban J connectivity index is 1.38. The first kappa shape index (κ1) is 33.0. The van der Waals surface area contributed by atoms with Crippen molar-refractivity contribution in [2.75, 3.05) is 39.5 Å². The number of rotatable bonds is 6. The average molecular weight is 650 g/mol. The van der Waals surface area contributed by atoms with Gasteiger partial charge in [0.05, 0.1) is 43.7 Å². The maximum atomic E-state index is 13.6. The van der Waals surface area contributed by atoms with E-state index in [1.165, 1.54) is 24.1 Å². The van der Waals surface area contributed by atoms with Crippen molar-refractivity contribution in [1.82, 2.24) is 15.1 Å². The SMILES string of the molecule is CCCN1CC(=O)N[C@H]2CCN(C(=O)Cc3ccc(S(C)(=O)=O)cc3)C[C@@H]2OCc2cccc(c2)Oc2cc(ccc2OC)C1=O. The highest BCUT2D eigenvalue weighted by atomic mass is 32.2. The van der Waals surface area contributed by atoms with Crippen LogP contribution in [0.4, 0.5) is 0 Å². The summed E-state index contributed by atoms with van der Waals surface area (Å²) in [5.41, 5.74) is 1.90. The third-order valence-electron chi connectivity index (χ3n) is 8.08. The van der Waals surface area contributed by atoms with Crippen molar-refractivity contribution in [3.63, 3.8) is 0 Å². The molecule has 3 aromatic carbocycles. The lowest BCUT2D eigenvalue weighted by Gasteiger charge is -2.39. The fourth-order valence-corrected chi connectivity index (χ4v) is 6.30. The molecular formula is C34H39N3O8S. The third-order valence-corrected chi connectivity index (χ3v) is 9.21. The number of likely N-dealkylation sites (tertiary alicyclic amines) is 1. The van der Waals surface area contributed by atoms with Crippen molar-refractivity contribution < 1.29 is 37.0 Å². The molecule has 0 aliphatic carbocycles. The number of piperidine rings is 1. The summed E-state index contributed by atoms with van der Waals surface area (Å²) in [5, 5.41) is 3.07. The van der Waals surface area contributed by atoms with E-state index >= 15 is 0 Å². The van der Waals surface area contributed by atoms with Crippen LogP contribution in [0.3, 0.4) is 0 Å². The first-order chi connectivity index (χ1) is 22.0. The van der Waals surface area contributed by atoms with E-state index < -0.39 is 15.9 Å². The molecule has 0 radical (unpaired) electrons.